The molecule has 0 N–H and O–H groups in total. The van der Waals surface area contributed by atoms with Gasteiger partial charge in [0.05, 0.1) is 0 Å². The summed E-state index contributed by atoms with van der Waals surface area (Å²) in [5, 5.41) is 0. The summed E-state index contributed by atoms with van der Waals surface area (Å²) in [6.45, 7) is 1.10. The van der Waals surface area contributed by atoms with Crippen LogP contribution in [0.3, 0.4) is 0 Å². The summed E-state index contributed by atoms with van der Waals surface area (Å²) in [4.78, 5) is 2.37. The average molecular weight is 434 g/mol. The summed E-state index contributed by atoms with van der Waals surface area (Å²) in [6, 6.07) is 10.6. The Morgan fingerprint density at radius 2 is 0.962 bits per heavy atom. The normalized spacial score (nSPS) is 11.4. The minimum atomic E-state index is -6.00. The molecule has 1 aromatic rings. The molecule has 0 heterocycles. The molecule has 0 unspecified atom stereocenters. The molecule has 0 amide bonds. The molecule has 0 bridgehead atoms. The van der Waals surface area contributed by atoms with Crippen LogP contribution in [0.15, 0.2) is 30.3 Å². The Bertz CT molecular complexity index is 392. The third-order valence-electron chi connectivity index (χ3n) is 1.84. The molecule has 0 atom stereocenters. The van der Waals surface area contributed by atoms with Crippen molar-refractivity contribution in [3.8, 4) is 0 Å². The number of nitrogens with zero attached hydrogens (tertiary/aromatic N) is 1. The molecule has 0 saturated heterocycles. The molecule has 0 radical (unpaired) electrons. The number of rotatable bonds is 3. The Balaban J connectivity index is -0.000000300. The van der Waals surface area contributed by atoms with E-state index in [0.29, 0.717) is 0 Å². The molecule has 0 aliphatic heterocycles. The minimum absolute atomic E-state index is 0.941. The van der Waals surface area contributed by atoms with Gasteiger partial charge in [0, 0.05) is 0 Å². The van der Waals surface area contributed by atoms with Crippen molar-refractivity contribution in [2.24, 2.45) is 0 Å². The molecule has 0 aliphatic carbocycles. The van der Waals surface area contributed by atoms with Crippen LogP contribution in [0, 0.1) is 0 Å². The Hall–Kier alpha value is 0.171. The van der Waals surface area contributed by atoms with Gasteiger partial charge in [0.15, 0.2) is 0 Å². The summed E-state index contributed by atoms with van der Waals surface area (Å²) in [7, 11) is -15.8. The standard InChI is InChI=1S/C9H12N.3BF4.K/c1-10(2)8-9-6-4-3-5-7-9;3*2-1(3,4)5;/h3-7H,1,8H2,2H3;;;;/q;3*-1;. The molecule has 17 heteroatoms. The first-order valence-electron chi connectivity index (χ1n) is 6.67. The first kappa shape index (κ1) is 30.9. The zero-order valence-electron chi connectivity index (χ0n) is 13.5. The van der Waals surface area contributed by atoms with Gasteiger partial charge in [-0.15, -0.1) is 0 Å². The molecule has 0 aromatic heterocycles. The SMILES string of the molecule is CN([CH2][K])Cc1ccccc1.F[B-](F)(F)F.F[B-](F)(F)F.F[B-](F)(F)F. The van der Waals surface area contributed by atoms with Gasteiger partial charge in [-0.3, -0.25) is 0 Å². The zero-order chi connectivity index (χ0) is 21.6. The Kier molecular flexibility index (Phi) is 18.0. The van der Waals surface area contributed by atoms with Gasteiger partial charge in [0.1, 0.15) is 0 Å². The van der Waals surface area contributed by atoms with Gasteiger partial charge in [0.2, 0.25) is 0 Å². The van der Waals surface area contributed by atoms with Crippen molar-refractivity contribution < 1.29 is 51.8 Å². The number of benzene rings is 1. The molecular formula is C9H12B3F12KN-3. The molecule has 1 rings (SSSR count). The van der Waals surface area contributed by atoms with E-state index in [2.05, 4.69) is 42.3 Å². The number of hydrogen-bond acceptors (Lipinski definition) is 1. The topological polar surface area (TPSA) is 3.24 Å². The van der Waals surface area contributed by atoms with Gasteiger partial charge in [-0.1, -0.05) is 0 Å². The van der Waals surface area contributed by atoms with Crippen molar-refractivity contribution in [2.45, 2.75) is 6.54 Å². The van der Waals surface area contributed by atoms with Crippen LogP contribution in [0.2, 0.25) is 0 Å². The average Bonchev–Trinajstić information content (AvgIpc) is 2.33. The fraction of sp³-hybridized carbons (Fsp3) is 0.333. The maximum absolute atomic E-state index is 9.75. The van der Waals surface area contributed by atoms with Gasteiger partial charge in [-0.25, -0.2) is 0 Å². The van der Waals surface area contributed by atoms with E-state index in [1.54, 1.807) is 0 Å². The summed E-state index contributed by atoms with van der Waals surface area (Å²) < 4.78 is 118. The van der Waals surface area contributed by atoms with E-state index in [1.807, 2.05) is 0 Å². The Morgan fingerprint density at radius 3 is 1.19 bits per heavy atom. The number of hydrogen-bond donors (Lipinski definition) is 0. The van der Waals surface area contributed by atoms with Crippen LogP contribution in [-0.2, 0) is 6.54 Å². The predicted molar refractivity (Wildman–Crippen MR) is 79.1 cm³/mol. The van der Waals surface area contributed by atoms with E-state index >= 15 is 0 Å². The Morgan fingerprint density at radius 1 is 0.692 bits per heavy atom. The second kappa shape index (κ2) is 15.1. The van der Waals surface area contributed by atoms with Crippen LogP contribution in [0.25, 0.3) is 0 Å². The van der Waals surface area contributed by atoms with Crippen LogP contribution >= 0.6 is 0 Å². The van der Waals surface area contributed by atoms with Crippen molar-refractivity contribution in [3.63, 3.8) is 0 Å². The van der Waals surface area contributed by atoms with Crippen LogP contribution in [0.4, 0.5) is 51.8 Å². The molecule has 0 saturated carbocycles. The number of halogens is 12. The predicted octanol–water partition coefficient (Wildman–Crippen LogP) is 5.14. The monoisotopic (exact) mass is 434 g/mol. The molecular weight excluding hydrogens is 422 g/mol. The second-order valence-corrected chi connectivity index (χ2v) is 5.29. The third kappa shape index (κ3) is 64.6. The van der Waals surface area contributed by atoms with E-state index in [9.17, 15) is 51.8 Å². The van der Waals surface area contributed by atoms with Gasteiger partial charge in [0.25, 0.3) is 0 Å². The fourth-order valence-corrected chi connectivity index (χ4v) is 1.36. The maximum atomic E-state index is 9.75. The van der Waals surface area contributed by atoms with Crippen molar-refractivity contribution in [2.75, 3.05) is 7.69 Å². The van der Waals surface area contributed by atoms with Crippen LogP contribution in [0.1, 0.15) is 5.56 Å². The van der Waals surface area contributed by atoms with Gasteiger partial charge >= 0.3 is 126 Å². The molecule has 1 nitrogen and oxygen atoms in total. The van der Waals surface area contributed by atoms with E-state index in [1.165, 1.54) is 6.20 Å². The van der Waals surface area contributed by atoms with Crippen molar-refractivity contribution in [1.29, 1.82) is 0 Å². The zero-order valence-corrected chi connectivity index (χ0v) is 16.6. The van der Waals surface area contributed by atoms with Gasteiger partial charge in [-0.05, 0) is 0 Å². The second-order valence-electron chi connectivity index (χ2n) is 4.30. The van der Waals surface area contributed by atoms with Crippen LogP contribution < -0.4 is 0 Å². The fourth-order valence-electron chi connectivity index (χ4n) is 1.01. The smallest absolute Gasteiger partial charge is 0.418 e. The summed E-state index contributed by atoms with van der Waals surface area (Å²) >= 11 is 0.941. The van der Waals surface area contributed by atoms with Crippen molar-refractivity contribution in [3.05, 3.63) is 35.9 Å². The molecule has 0 fully saturated rings. The minimum Gasteiger partial charge on any atom is -0.418 e. The van der Waals surface area contributed by atoms with Gasteiger partial charge < -0.3 is 51.8 Å². The van der Waals surface area contributed by atoms with Crippen molar-refractivity contribution in [1.82, 2.24) is 4.90 Å². The molecule has 150 valence electrons. The summed E-state index contributed by atoms with van der Waals surface area (Å²) in [5.41, 5.74) is 1.42. The summed E-state index contributed by atoms with van der Waals surface area (Å²) in [5.74, 6) is 0. The van der Waals surface area contributed by atoms with Gasteiger partial charge in [-0.2, -0.15) is 0 Å². The van der Waals surface area contributed by atoms with E-state index in [4.69, 9.17) is 0 Å². The van der Waals surface area contributed by atoms with Crippen LogP contribution in [-0.4, -0.2) is 83.3 Å². The third-order valence-corrected chi connectivity index (χ3v) is 3.52. The Labute approximate surface area is 176 Å². The quantitative estimate of drug-likeness (QED) is 0.471. The van der Waals surface area contributed by atoms with E-state index in [-0.39, 0.29) is 0 Å². The molecule has 26 heavy (non-hydrogen) atoms. The molecule has 0 spiro atoms. The van der Waals surface area contributed by atoms with Crippen molar-refractivity contribution >= 4 is 70.7 Å². The van der Waals surface area contributed by atoms with Crippen LogP contribution in [0.5, 0.6) is 0 Å². The summed E-state index contributed by atoms with van der Waals surface area (Å²) in [6.07, 6.45) is 0. The molecule has 0 aliphatic rings. The van der Waals surface area contributed by atoms with E-state index in [0.717, 1.165) is 55.5 Å². The largest absolute Gasteiger partial charge is 0.673 e. The van der Waals surface area contributed by atoms with E-state index < -0.39 is 21.8 Å². The molecule has 1 aromatic carbocycles. The first-order chi connectivity index (χ1) is 11.3. The first-order valence-corrected chi connectivity index (χ1v) is 8.88. The maximum Gasteiger partial charge on any atom is 0.673 e.